The maximum Gasteiger partial charge on any atom is 0.0301 e. The van der Waals surface area contributed by atoms with Gasteiger partial charge in [-0.1, -0.05) is 25.8 Å². The van der Waals surface area contributed by atoms with Gasteiger partial charge in [-0.15, -0.1) is 6.58 Å². The van der Waals surface area contributed by atoms with Crippen molar-refractivity contribution in [1.29, 1.82) is 0 Å². The highest BCUT2D eigenvalue weighted by Crippen LogP contribution is 2.11. The van der Waals surface area contributed by atoms with E-state index < -0.39 is 0 Å². The van der Waals surface area contributed by atoms with Crippen molar-refractivity contribution in [3.05, 3.63) is 12.7 Å². The molecule has 0 aromatic heterocycles. The Balaban J connectivity index is 3.31. The summed E-state index contributed by atoms with van der Waals surface area (Å²) < 4.78 is 0. The number of unbranched alkanes of at least 4 members (excludes halogenated alkanes) is 3. The SMILES string of the molecule is C=CCCCCCC(CSCCC)NN. The Kier molecular flexibility index (Phi) is 12.1. The van der Waals surface area contributed by atoms with Crippen LogP contribution < -0.4 is 11.3 Å². The van der Waals surface area contributed by atoms with Crippen molar-refractivity contribution in [2.45, 2.75) is 51.5 Å². The minimum Gasteiger partial charge on any atom is -0.271 e. The molecule has 0 spiro atoms. The van der Waals surface area contributed by atoms with Gasteiger partial charge in [0, 0.05) is 11.8 Å². The zero-order chi connectivity index (χ0) is 11.4. The fourth-order valence-electron chi connectivity index (χ4n) is 1.44. The van der Waals surface area contributed by atoms with Crippen molar-refractivity contribution in [1.82, 2.24) is 5.43 Å². The molecule has 0 aromatic carbocycles. The van der Waals surface area contributed by atoms with E-state index in [1.54, 1.807) is 0 Å². The van der Waals surface area contributed by atoms with Crippen LogP contribution in [0.25, 0.3) is 0 Å². The van der Waals surface area contributed by atoms with Gasteiger partial charge in [-0.25, -0.2) is 0 Å². The van der Waals surface area contributed by atoms with Crippen LogP contribution in [0.2, 0.25) is 0 Å². The Hall–Kier alpha value is 0.01000. The van der Waals surface area contributed by atoms with E-state index in [1.165, 1.54) is 37.9 Å². The van der Waals surface area contributed by atoms with Gasteiger partial charge in [0.05, 0.1) is 0 Å². The van der Waals surface area contributed by atoms with Crippen molar-refractivity contribution >= 4 is 11.8 Å². The van der Waals surface area contributed by atoms with E-state index in [-0.39, 0.29) is 0 Å². The minimum atomic E-state index is 0.491. The highest BCUT2D eigenvalue weighted by molar-refractivity contribution is 7.99. The molecule has 0 aliphatic rings. The Morgan fingerprint density at radius 2 is 2.20 bits per heavy atom. The Morgan fingerprint density at radius 3 is 2.80 bits per heavy atom. The van der Waals surface area contributed by atoms with Gasteiger partial charge in [0.2, 0.25) is 0 Å². The molecule has 0 aromatic rings. The van der Waals surface area contributed by atoms with Crippen LogP contribution in [0.15, 0.2) is 12.7 Å². The second-order valence-electron chi connectivity index (χ2n) is 3.87. The second-order valence-corrected chi connectivity index (χ2v) is 5.02. The lowest BCUT2D eigenvalue weighted by atomic mass is 10.1. The van der Waals surface area contributed by atoms with Gasteiger partial charge in [0.1, 0.15) is 0 Å². The molecule has 90 valence electrons. The summed E-state index contributed by atoms with van der Waals surface area (Å²) in [6.45, 7) is 5.94. The maximum atomic E-state index is 5.52. The molecule has 0 aliphatic carbocycles. The van der Waals surface area contributed by atoms with Crippen molar-refractivity contribution in [3.63, 3.8) is 0 Å². The zero-order valence-electron chi connectivity index (χ0n) is 10.0. The van der Waals surface area contributed by atoms with E-state index in [0.717, 1.165) is 12.2 Å². The molecule has 2 nitrogen and oxygen atoms in total. The van der Waals surface area contributed by atoms with Gasteiger partial charge in [0.15, 0.2) is 0 Å². The van der Waals surface area contributed by atoms with Crippen LogP contribution in [-0.2, 0) is 0 Å². The number of hydrogen-bond donors (Lipinski definition) is 2. The third-order valence-electron chi connectivity index (χ3n) is 2.36. The minimum absolute atomic E-state index is 0.491. The van der Waals surface area contributed by atoms with Crippen LogP contribution in [0.4, 0.5) is 0 Å². The number of hydrazine groups is 1. The predicted molar refractivity (Wildman–Crippen MR) is 72.0 cm³/mol. The quantitative estimate of drug-likeness (QED) is 0.248. The Bertz CT molecular complexity index is 140. The number of thioether (sulfide) groups is 1. The summed E-state index contributed by atoms with van der Waals surface area (Å²) in [5.74, 6) is 7.91. The highest BCUT2D eigenvalue weighted by atomic mass is 32.2. The average Bonchev–Trinajstić information content (AvgIpc) is 2.26. The first-order chi connectivity index (χ1) is 7.35. The predicted octanol–water partition coefficient (Wildman–Crippen LogP) is 3.10. The molecule has 0 fully saturated rings. The fraction of sp³-hybridized carbons (Fsp3) is 0.833. The largest absolute Gasteiger partial charge is 0.271 e. The summed E-state index contributed by atoms with van der Waals surface area (Å²) in [6.07, 6.45) is 9.42. The van der Waals surface area contributed by atoms with Crippen molar-refractivity contribution in [2.75, 3.05) is 11.5 Å². The Labute approximate surface area is 99.0 Å². The molecule has 0 aliphatic heterocycles. The van der Waals surface area contributed by atoms with Crippen LogP contribution in [0, 0.1) is 0 Å². The van der Waals surface area contributed by atoms with Gasteiger partial charge >= 0.3 is 0 Å². The van der Waals surface area contributed by atoms with Crippen LogP contribution in [0.5, 0.6) is 0 Å². The molecule has 0 heterocycles. The topological polar surface area (TPSA) is 38.0 Å². The number of allylic oxidation sites excluding steroid dienone is 1. The number of nitrogens with one attached hydrogen (secondary N) is 1. The lowest BCUT2D eigenvalue weighted by molar-refractivity contribution is 0.503. The zero-order valence-corrected chi connectivity index (χ0v) is 10.8. The first-order valence-corrected chi connectivity index (χ1v) is 7.15. The standard InChI is InChI=1S/C12H26N2S/c1-3-5-6-7-8-9-12(14-13)11-15-10-4-2/h3,12,14H,1,4-11,13H2,2H3. The third-order valence-corrected chi connectivity index (χ3v) is 3.70. The normalized spacial score (nSPS) is 12.7. The molecule has 3 heteroatoms. The highest BCUT2D eigenvalue weighted by Gasteiger charge is 2.05. The third kappa shape index (κ3) is 10.3. The maximum absolute atomic E-state index is 5.52. The fourth-order valence-corrected chi connectivity index (χ4v) is 2.44. The second kappa shape index (κ2) is 12.1. The molecule has 0 amide bonds. The molecule has 1 unspecified atom stereocenters. The lowest BCUT2D eigenvalue weighted by Gasteiger charge is -2.14. The van der Waals surface area contributed by atoms with Gasteiger partial charge < -0.3 is 0 Å². The summed E-state index contributed by atoms with van der Waals surface area (Å²) in [5.41, 5.74) is 2.91. The van der Waals surface area contributed by atoms with Gasteiger partial charge in [-0.3, -0.25) is 11.3 Å². The molecule has 0 radical (unpaired) electrons. The Morgan fingerprint density at radius 1 is 1.40 bits per heavy atom. The summed E-state index contributed by atoms with van der Waals surface area (Å²) in [4.78, 5) is 0. The molecular weight excluding hydrogens is 204 g/mol. The average molecular weight is 230 g/mol. The number of nitrogens with two attached hydrogens (primary N) is 1. The molecule has 0 saturated heterocycles. The van der Waals surface area contributed by atoms with Crippen LogP contribution >= 0.6 is 11.8 Å². The molecule has 15 heavy (non-hydrogen) atoms. The number of hydrogen-bond acceptors (Lipinski definition) is 3. The molecular formula is C12H26N2S. The van der Waals surface area contributed by atoms with Crippen LogP contribution in [0.3, 0.4) is 0 Å². The van der Waals surface area contributed by atoms with E-state index in [9.17, 15) is 0 Å². The molecule has 0 bridgehead atoms. The van der Waals surface area contributed by atoms with E-state index >= 15 is 0 Å². The van der Waals surface area contributed by atoms with Crippen LogP contribution in [0.1, 0.15) is 45.4 Å². The van der Waals surface area contributed by atoms with Gasteiger partial charge in [0.25, 0.3) is 0 Å². The molecule has 1 atom stereocenters. The van der Waals surface area contributed by atoms with Crippen molar-refractivity contribution < 1.29 is 0 Å². The molecule has 3 N–H and O–H groups in total. The molecule has 0 saturated carbocycles. The van der Waals surface area contributed by atoms with E-state index in [0.29, 0.717) is 6.04 Å². The van der Waals surface area contributed by atoms with E-state index in [4.69, 9.17) is 5.84 Å². The summed E-state index contributed by atoms with van der Waals surface area (Å²) in [6, 6.07) is 0.491. The first kappa shape index (κ1) is 15.0. The first-order valence-electron chi connectivity index (χ1n) is 5.99. The van der Waals surface area contributed by atoms with Crippen LogP contribution in [-0.4, -0.2) is 17.5 Å². The summed E-state index contributed by atoms with van der Waals surface area (Å²) in [7, 11) is 0. The van der Waals surface area contributed by atoms with Gasteiger partial charge in [-0.2, -0.15) is 11.8 Å². The monoisotopic (exact) mass is 230 g/mol. The van der Waals surface area contributed by atoms with Crippen molar-refractivity contribution in [3.8, 4) is 0 Å². The van der Waals surface area contributed by atoms with Gasteiger partial charge in [-0.05, 0) is 31.4 Å². The van der Waals surface area contributed by atoms with E-state index in [2.05, 4.69) is 18.9 Å². The molecule has 0 rings (SSSR count). The summed E-state index contributed by atoms with van der Waals surface area (Å²) >= 11 is 2.00. The smallest absolute Gasteiger partial charge is 0.0301 e. The number of rotatable bonds is 11. The van der Waals surface area contributed by atoms with E-state index in [1.807, 2.05) is 17.8 Å². The lowest BCUT2D eigenvalue weighted by Crippen LogP contribution is -2.37. The summed E-state index contributed by atoms with van der Waals surface area (Å²) in [5, 5.41) is 0. The van der Waals surface area contributed by atoms with Crippen molar-refractivity contribution in [2.24, 2.45) is 5.84 Å².